The normalized spacial score (nSPS) is 15.4. The maximum absolute atomic E-state index is 12.7. The van der Waals surface area contributed by atoms with E-state index in [1.165, 1.54) is 6.08 Å². The first-order valence-electron chi connectivity index (χ1n) is 10.6. The summed E-state index contributed by atoms with van der Waals surface area (Å²) < 4.78 is 0. The molecule has 1 saturated heterocycles. The van der Waals surface area contributed by atoms with Crippen LogP contribution in [0.15, 0.2) is 12.7 Å². The Morgan fingerprint density at radius 2 is 1.52 bits per heavy atom. The number of aliphatic hydroxyl groups is 2. The van der Waals surface area contributed by atoms with Crippen LogP contribution in [0.5, 0.6) is 0 Å². The maximum atomic E-state index is 12.7. The van der Waals surface area contributed by atoms with Gasteiger partial charge in [0.15, 0.2) is 0 Å². The Morgan fingerprint density at radius 3 is 2.07 bits per heavy atom. The molecule has 1 heterocycles. The number of hydrogen-bond donors (Lipinski definition) is 2. The van der Waals surface area contributed by atoms with E-state index in [1.54, 1.807) is 9.80 Å². The second-order valence-electron chi connectivity index (χ2n) is 7.25. The lowest BCUT2D eigenvalue weighted by Crippen LogP contribution is -2.58. The molecule has 2 N–H and O–H groups in total. The standard InChI is InChI=1S/C20H39N5O4/c1-4-19(28)24-16-23(10-7-9-21(5-2)12-14-26)17-25(18-24)20(29)8-11-22(6-3)13-15-27/h4,26-27H,1,5-18H2,2-3H3. The first kappa shape index (κ1) is 25.5. The van der Waals surface area contributed by atoms with Gasteiger partial charge in [0.2, 0.25) is 11.8 Å². The molecule has 1 fully saturated rings. The highest BCUT2D eigenvalue weighted by atomic mass is 16.3. The minimum Gasteiger partial charge on any atom is -0.395 e. The van der Waals surface area contributed by atoms with Crippen LogP contribution < -0.4 is 0 Å². The summed E-state index contributed by atoms with van der Waals surface area (Å²) in [4.78, 5) is 34.6. The van der Waals surface area contributed by atoms with Gasteiger partial charge in [-0.1, -0.05) is 20.4 Å². The van der Waals surface area contributed by atoms with Gasteiger partial charge < -0.3 is 29.8 Å². The van der Waals surface area contributed by atoms with E-state index in [0.717, 1.165) is 32.6 Å². The molecule has 9 nitrogen and oxygen atoms in total. The lowest BCUT2D eigenvalue weighted by Gasteiger charge is -2.42. The second kappa shape index (κ2) is 14.5. The first-order chi connectivity index (χ1) is 14.0. The van der Waals surface area contributed by atoms with Gasteiger partial charge in [0.05, 0.1) is 33.2 Å². The summed E-state index contributed by atoms with van der Waals surface area (Å²) in [6.45, 7) is 14.2. The number of likely N-dealkylation sites (N-methyl/N-ethyl adjacent to an activating group) is 2. The predicted octanol–water partition coefficient (Wildman–Crippen LogP) is -0.574. The summed E-state index contributed by atoms with van der Waals surface area (Å²) in [5.41, 5.74) is 0. The van der Waals surface area contributed by atoms with Gasteiger partial charge >= 0.3 is 0 Å². The molecule has 0 aliphatic carbocycles. The second-order valence-corrected chi connectivity index (χ2v) is 7.25. The van der Waals surface area contributed by atoms with Crippen molar-refractivity contribution >= 4 is 11.8 Å². The van der Waals surface area contributed by atoms with Crippen molar-refractivity contribution in [1.82, 2.24) is 24.5 Å². The fraction of sp³-hybridized carbons (Fsp3) is 0.800. The van der Waals surface area contributed by atoms with Crippen LogP contribution in [0, 0.1) is 0 Å². The third-order valence-corrected chi connectivity index (χ3v) is 5.24. The van der Waals surface area contributed by atoms with E-state index in [1.807, 2.05) is 11.8 Å². The molecule has 0 spiro atoms. The van der Waals surface area contributed by atoms with Gasteiger partial charge in [-0.3, -0.25) is 14.5 Å². The molecule has 0 bridgehead atoms. The van der Waals surface area contributed by atoms with E-state index in [0.29, 0.717) is 39.4 Å². The third kappa shape index (κ3) is 9.22. The zero-order valence-corrected chi connectivity index (χ0v) is 18.1. The summed E-state index contributed by atoms with van der Waals surface area (Å²) in [5.74, 6) is -0.179. The highest BCUT2D eigenvalue weighted by Crippen LogP contribution is 2.11. The van der Waals surface area contributed by atoms with Gasteiger partial charge in [-0.2, -0.15) is 0 Å². The van der Waals surface area contributed by atoms with Crippen LogP contribution >= 0.6 is 0 Å². The van der Waals surface area contributed by atoms with E-state index in [4.69, 9.17) is 10.2 Å². The van der Waals surface area contributed by atoms with Crippen molar-refractivity contribution in [3.05, 3.63) is 12.7 Å². The minimum absolute atomic E-state index is 0.00316. The highest BCUT2D eigenvalue weighted by Gasteiger charge is 2.28. The van der Waals surface area contributed by atoms with Crippen molar-refractivity contribution in [3.8, 4) is 0 Å². The van der Waals surface area contributed by atoms with Crippen LogP contribution in [0.4, 0.5) is 0 Å². The van der Waals surface area contributed by atoms with Gasteiger partial charge in [0.1, 0.15) is 0 Å². The number of rotatable bonds is 14. The van der Waals surface area contributed by atoms with Crippen molar-refractivity contribution in [3.63, 3.8) is 0 Å². The van der Waals surface area contributed by atoms with E-state index in [2.05, 4.69) is 23.3 Å². The number of carbonyl (C=O) groups is 2. The van der Waals surface area contributed by atoms with Gasteiger partial charge in [-0.15, -0.1) is 0 Å². The van der Waals surface area contributed by atoms with Crippen LogP contribution in [0.1, 0.15) is 26.7 Å². The molecule has 0 saturated carbocycles. The smallest absolute Gasteiger partial charge is 0.248 e. The van der Waals surface area contributed by atoms with Crippen molar-refractivity contribution in [2.45, 2.75) is 26.7 Å². The Labute approximate surface area is 175 Å². The molecule has 0 aromatic carbocycles. The average Bonchev–Trinajstić information content (AvgIpc) is 2.74. The molecule has 0 aromatic heterocycles. The van der Waals surface area contributed by atoms with Crippen LogP contribution in [0.2, 0.25) is 0 Å². The van der Waals surface area contributed by atoms with E-state index < -0.39 is 0 Å². The zero-order valence-electron chi connectivity index (χ0n) is 18.1. The van der Waals surface area contributed by atoms with E-state index >= 15 is 0 Å². The zero-order chi connectivity index (χ0) is 21.6. The van der Waals surface area contributed by atoms with E-state index in [-0.39, 0.29) is 31.7 Å². The summed E-state index contributed by atoms with van der Waals surface area (Å²) in [7, 11) is 0. The number of hydrogen-bond acceptors (Lipinski definition) is 7. The molecule has 29 heavy (non-hydrogen) atoms. The molecular weight excluding hydrogens is 374 g/mol. The monoisotopic (exact) mass is 413 g/mol. The van der Waals surface area contributed by atoms with E-state index in [9.17, 15) is 9.59 Å². The van der Waals surface area contributed by atoms with Crippen LogP contribution in [-0.4, -0.2) is 126 Å². The van der Waals surface area contributed by atoms with Crippen LogP contribution in [0.25, 0.3) is 0 Å². The van der Waals surface area contributed by atoms with Crippen molar-refractivity contribution in [1.29, 1.82) is 0 Å². The molecule has 1 aliphatic rings. The highest BCUT2D eigenvalue weighted by molar-refractivity contribution is 5.87. The quantitative estimate of drug-likeness (QED) is 0.369. The largest absolute Gasteiger partial charge is 0.395 e. The molecule has 168 valence electrons. The third-order valence-electron chi connectivity index (χ3n) is 5.24. The lowest BCUT2D eigenvalue weighted by atomic mass is 10.3. The minimum atomic E-state index is -0.182. The van der Waals surface area contributed by atoms with Crippen LogP contribution in [-0.2, 0) is 9.59 Å². The number of nitrogens with zero attached hydrogens (tertiary/aromatic N) is 5. The Kier molecular flexibility index (Phi) is 12.7. The number of aliphatic hydroxyl groups excluding tert-OH is 2. The first-order valence-corrected chi connectivity index (χ1v) is 10.6. The lowest BCUT2D eigenvalue weighted by molar-refractivity contribution is -0.149. The maximum Gasteiger partial charge on any atom is 0.248 e. The van der Waals surface area contributed by atoms with Gasteiger partial charge in [-0.25, -0.2) is 0 Å². The summed E-state index contributed by atoms with van der Waals surface area (Å²) in [6.07, 6.45) is 2.54. The van der Waals surface area contributed by atoms with Crippen molar-refractivity contribution in [2.24, 2.45) is 0 Å². The van der Waals surface area contributed by atoms with Gasteiger partial charge in [0, 0.05) is 32.6 Å². The molecule has 0 atom stereocenters. The molecule has 0 unspecified atom stereocenters. The molecule has 1 rings (SSSR count). The molecule has 2 amide bonds. The summed E-state index contributed by atoms with van der Waals surface area (Å²) in [5, 5.41) is 18.2. The number of carbonyl (C=O) groups excluding carboxylic acids is 2. The van der Waals surface area contributed by atoms with Crippen molar-refractivity contribution < 1.29 is 19.8 Å². The Hall–Kier alpha value is -1.52. The summed E-state index contributed by atoms with van der Waals surface area (Å²) in [6, 6.07) is 0. The van der Waals surface area contributed by atoms with Gasteiger partial charge in [0.25, 0.3) is 0 Å². The topological polar surface area (TPSA) is 90.8 Å². The van der Waals surface area contributed by atoms with Crippen molar-refractivity contribution in [2.75, 3.05) is 79.0 Å². The molecule has 1 aliphatic heterocycles. The Bertz CT molecular complexity index is 505. The molecule has 0 aromatic rings. The molecule has 9 heteroatoms. The van der Waals surface area contributed by atoms with Crippen LogP contribution in [0.3, 0.4) is 0 Å². The van der Waals surface area contributed by atoms with Gasteiger partial charge in [-0.05, 0) is 32.1 Å². The Morgan fingerprint density at radius 1 is 0.931 bits per heavy atom. The summed E-state index contributed by atoms with van der Waals surface area (Å²) >= 11 is 0. The fourth-order valence-electron chi connectivity index (χ4n) is 3.46. The SMILES string of the molecule is C=CC(=O)N1CN(CCCN(CC)CCO)CN(C(=O)CCN(CC)CCO)C1. The predicted molar refractivity (Wildman–Crippen MR) is 113 cm³/mol. The molecular formula is C20H39N5O4. The average molecular weight is 414 g/mol. The Balaban J connectivity index is 2.63. The fourth-order valence-corrected chi connectivity index (χ4v) is 3.46. The molecule has 0 radical (unpaired) electrons. The number of amides is 2.